The molecule has 0 atom stereocenters. The normalized spacial score (nSPS) is 10.7. The molecule has 0 aliphatic heterocycles. The molecule has 0 aliphatic rings. The lowest BCUT2D eigenvalue weighted by Gasteiger charge is -2.02. The summed E-state index contributed by atoms with van der Waals surface area (Å²) < 4.78 is 4.75. The summed E-state index contributed by atoms with van der Waals surface area (Å²) in [6.45, 7) is 3.96. The molecule has 0 saturated carbocycles. The van der Waals surface area contributed by atoms with Gasteiger partial charge < -0.3 is 10.1 Å². The molecule has 0 aliphatic carbocycles. The molecule has 0 spiro atoms. The van der Waals surface area contributed by atoms with Gasteiger partial charge >= 0.3 is 5.97 Å². The van der Waals surface area contributed by atoms with Gasteiger partial charge in [-0.1, -0.05) is 44.2 Å². The number of amides is 1. The second-order valence-electron chi connectivity index (χ2n) is 5.77. The van der Waals surface area contributed by atoms with Crippen molar-refractivity contribution in [3.05, 3.63) is 46.5 Å². The fourth-order valence-electron chi connectivity index (χ4n) is 2.30. The first-order valence-electron chi connectivity index (χ1n) is 7.94. The average molecular weight is 346 g/mol. The first-order valence-corrected chi connectivity index (χ1v) is 8.75. The van der Waals surface area contributed by atoms with Crippen molar-refractivity contribution in [2.75, 3.05) is 12.4 Å². The molecule has 0 unspecified atom stereocenters. The third kappa shape index (κ3) is 4.89. The van der Waals surface area contributed by atoms with Gasteiger partial charge in [-0.3, -0.25) is 4.79 Å². The van der Waals surface area contributed by atoms with E-state index in [1.807, 2.05) is 32.0 Å². The number of carbonyl (C=O) groups excluding carboxylic acids is 2. The number of esters is 1. The van der Waals surface area contributed by atoms with Gasteiger partial charge in [0.05, 0.1) is 7.11 Å². The van der Waals surface area contributed by atoms with Gasteiger partial charge in [-0.15, -0.1) is 11.3 Å². The first kappa shape index (κ1) is 18.1. The van der Waals surface area contributed by atoms with Gasteiger partial charge in [-0.05, 0) is 24.3 Å². The number of ether oxygens (including phenoxy) is 1. The summed E-state index contributed by atoms with van der Waals surface area (Å²) in [6, 6.07) is 10.1. The van der Waals surface area contributed by atoms with Crippen molar-refractivity contribution in [1.29, 1.82) is 0 Å². The summed E-state index contributed by atoms with van der Waals surface area (Å²) in [5.74, 6) is -0.425. The number of nitrogens with one attached hydrogen (secondary N) is 1. The van der Waals surface area contributed by atoms with Crippen molar-refractivity contribution >= 4 is 28.3 Å². The number of methoxy groups -OCH3 is 1. The molecule has 1 heterocycles. The Balaban J connectivity index is 1.92. The zero-order valence-electron chi connectivity index (χ0n) is 14.2. The average Bonchev–Trinajstić information content (AvgIpc) is 2.99. The molecule has 128 valence electrons. The summed E-state index contributed by atoms with van der Waals surface area (Å²) in [7, 11) is 1.33. The van der Waals surface area contributed by atoms with Gasteiger partial charge in [0, 0.05) is 11.3 Å². The van der Waals surface area contributed by atoms with Gasteiger partial charge in [0.15, 0.2) is 10.8 Å². The minimum Gasteiger partial charge on any atom is -0.464 e. The zero-order chi connectivity index (χ0) is 17.5. The van der Waals surface area contributed by atoms with E-state index in [-0.39, 0.29) is 17.5 Å². The minimum atomic E-state index is -0.473. The lowest BCUT2D eigenvalue weighted by Crippen LogP contribution is -2.12. The van der Waals surface area contributed by atoms with Crippen molar-refractivity contribution < 1.29 is 14.3 Å². The fraction of sp³-hybridized carbons (Fsp3) is 0.389. The topological polar surface area (TPSA) is 68.3 Å². The third-order valence-electron chi connectivity index (χ3n) is 3.51. The highest BCUT2D eigenvalue weighted by molar-refractivity contribution is 7.16. The smallest absolute Gasteiger partial charge is 0.357 e. The zero-order valence-corrected chi connectivity index (χ0v) is 15.0. The van der Waals surface area contributed by atoms with Crippen LogP contribution in [0.5, 0.6) is 0 Å². The van der Waals surface area contributed by atoms with Crippen LogP contribution >= 0.6 is 11.3 Å². The summed E-state index contributed by atoms with van der Waals surface area (Å²) in [6.07, 6.45) is 2.04. The van der Waals surface area contributed by atoms with Crippen LogP contribution in [-0.4, -0.2) is 24.0 Å². The number of hydrogen-bond acceptors (Lipinski definition) is 5. The second kappa shape index (κ2) is 8.59. The van der Waals surface area contributed by atoms with Crippen LogP contribution in [0.15, 0.2) is 30.3 Å². The largest absolute Gasteiger partial charge is 0.464 e. The number of anilines is 1. The molecule has 1 aromatic heterocycles. The third-order valence-corrected chi connectivity index (χ3v) is 4.79. The van der Waals surface area contributed by atoms with E-state index in [4.69, 9.17) is 4.74 Å². The number of aromatic nitrogens is 1. The Bertz CT molecular complexity index is 696. The van der Waals surface area contributed by atoms with Crippen molar-refractivity contribution in [2.24, 2.45) is 0 Å². The van der Waals surface area contributed by atoms with E-state index in [9.17, 15) is 9.59 Å². The first-order chi connectivity index (χ1) is 11.5. The van der Waals surface area contributed by atoms with Crippen LogP contribution in [0, 0.1) is 0 Å². The fourth-order valence-corrected chi connectivity index (χ4v) is 3.27. The van der Waals surface area contributed by atoms with Gasteiger partial charge in [-0.25, -0.2) is 9.78 Å². The highest BCUT2D eigenvalue weighted by atomic mass is 32.1. The van der Waals surface area contributed by atoms with E-state index >= 15 is 0 Å². The minimum absolute atomic E-state index is 0.0913. The van der Waals surface area contributed by atoms with E-state index in [0.29, 0.717) is 11.6 Å². The number of nitrogens with zero attached hydrogens (tertiary/aromatic N) is 1. The summed E-state index contributed by atoms with van der Waals surface area (Å²) in [5.41, 5.74) is 1.51. The van der Waals surface area contributed by atoms with Crippen molar-refractivity contribution in [1.82, 2.24) is 4.98 Å². The molecule has 6 heteroatoms. The number of rotatable bonds is 7. The predicted molar refractivity (Wildman–Crippen MR) is 95.6 cm³/mol. The monoisotopic (exact) mass is 346 g/mol. The maximum atomic E-state index is 12.1. The van der Waals surface area contributed by atoms with E-state index in [0.717, 1.165) is 17.7 Å². The lowest BCUT2D eigenvalue weighted by atomic mass is 10.1. The number of carbonyl (C=O) groups is 2. The Hall–Kier alpha value is -2.21. The molecule has 1 amide bonds. The van der Waals surface area contributed by atoms with Crippen LogP contribution in [-0.2, 0) is 16.0 Å². The standard InChI is InChI=1S/C18H22N2O3S/c1-12(2)16-15(17(22)23-3)20-18(24-16)19-14(21)11-7-10-13-8-5-4-6-9-13/h4-6,8-9,12H,7,10-11H2,1-3H3,(H,19,20,21). The number of thiazole rings is 1. The Kier molecular flexibility index (Phi) is 6.49. The van der Waals surface area contributed by atoms with Crippen LogP contribution in [0.2, 0.25) is 0 Å². The highest BCUT2D eigenvalue weighted by Crippen LogP contribution is 2.30. The van der Waals surface area contributed by atoms with Crippen LogP contribution in [0.3, 0.4) is 0 Å². The predicted octanol–water partition coefficient (Wildman–Crippen LogP) is 4.01. The number of benzene rings is 1. The Labute approximate surface area is 146 Å². The van der Waals surface area contributed by atoms with Gasteiger partial charge in [0.1, 0.15) is 0 Å². The second-order valence-corrected chi connectivity index (χ2v) is 6.80. The summed E-state index contributed by atoms with van der Waals surface area (Å²) in [5, 5.41) is 3.23. The van der Waals surface area contributed by atoms with Crippen molar-refractivity contribution in [3.63, 3.8) is 0 Å². The summed E-state index contributed by atoms with van der Waals surface area (Å²) in [4.78, 5) is 28.9. The van der Waals surface area contributed by atoms with Crippen molar-refractivity contribution in [2.45, 2.75) is 39.0 Å². The van der Waals surface area contributed by atoms with Crippen LogP contribution in [0.4, 0.5) is 5.13 Å². The highest BCUT2D eigenvalue weighted by Gasteiger charge is 2.21. The molecule has 0 saturated heterocycles. The molecule has 0 radical (unpaired) electrons. The molecule has 1 N–H and O–H groups in total. The molecule has 2 rings (SSSR count). The molecule has 2 aromatic rings. The molecule has 5 nitrogen and oxygen atoms in total. The SMILES string of the molecule is COC(=O)c1nc(NC(=O)CCCc2ccccc2)sc1C(C)C. The summed E-state index contributed by atoms with van der Waals surface area (Å²) >= 11 is 1.33. The van der Waals surface area contributed by atoms with E-state index in [2.05, 4.69) is 22.4 Å². The quantitative estimate of drug-likeness (QED) is 0.769. The van der Waals surface area contributed by atoms with Crippen molar-refractivity contribution in [3.8, 4) is 0 Å². The molecule has 1 aromatic carbocycles. The van der Waals surface area contributed by atoms with E-state index in [1.165, 1.54) is 24.0 Å². The van der Waals surface area contributed by atoms with Crippen LogP contribution in [0.25, 0.3) is 0 Å². The van der Waals surface area contributed by atoms with Gasteiger partial charge in [0.25, 0.3) is 0 Å². The molecule has 24 heavy (non-hydrogen) atoms. The Morgan fingerprint density at radius 3 is 2.58 bits per heavy atom. The van der Waals surface area contributed by atoms with Gasteiger partial charge in [-0.2, -0.15) is 0 Å². The molecule has 0 bridgehead atoms. The lowest BCUT2D eigenvalue weighted by molar-refractivity contribution is -0.116. The Morgan fingerprint density at radius 2 is 1.96 bits per heavy atom. The number of aryl methyl sites for hydroxylation is 1. The molecule has 0 fully saturated rings. The van der Waals surface area contributed by atoms with Gasteiger partial charge in [0.2, 0.25) is 5.91 Å². The number of hydrogen-bond donors (Lipinski definition) is 1. The van der Waals surface area contributed by atoms with Crippen LogP contribution < -0.4 is 5.32 Å². The molecular weight excluding hydrogens is 324 g/mol. The molecular formula is C18H22N2O3S. The Morgan fingerprint density at radius 1 is 1.25 bits per heavy atom. The van der Waals surface area contributed by atoms with E-state index in [1.54, 1.807) is 0 Å². The maximum Gasteiger partial charge on any atom is 0.357 e. The maximum absolute atomic E-state index is 12.1. The van der Waals surface area contributed by atoms with Crippen LogP contribution in [0.1, 0.15) is 53.5 Å². The van der Waals surface area contributed by atoms with E-state index < -0.39 is 5.97 Å².